The van der Waals surface area contributed by atoms with Gasteiger partial charge in [0.05, 0.1) is 17.7 Å². The molecule has 264 valence electrons. The van der Waals surface area contributed by atoms with Gasteiger partial charge in [0.15, 0.2) is 11.5 Å². The molecule has 3 N–H and O–H groups in total. The Morgan fingerprint density at radius 1 is 0.784 bits per heavy atom. The fourth-order valence-corrected chi connectivity index (χ4v) is 5.78. The van der Waals surface area contributed by atoms with Crippen molar-refractivity contribution in [3.63, 3.8) is 0 Å². The van der Waals surface area contributed by atoms with Gasteiger partial charge >= 0.3 is 6.09 Å². The molecule has 2 amide bonds. The number of pyridine rings is 1. The predicted octanol–water partition coefficient (Wildman–Crippen LogP) is 7.86. The molecule has 0 aliphatic carbocycles. The van der Waals surface area contributed by atoms with Gasteiger partial charge in [-0.05, 0) is 71.6 Å². The van der Waals surface area contributed by atoms with Gasteiger partial charge in [0.2, 0.25) is 0 Å². The first-order valence-electron chi connectivity index (χ1n) is 15.9. The number of aromatic nitrogens is 1. The number of sulfonamides is 1. The molecule has 0 aliphatic rings. The molecule has 4 aromatic carbocycles. The Kier molecular flexibility index (Phi) is 11.4. The number of nitrogens with one attached hydrogen (secondary N) is 3. The minimum absolute atomic E-state index is 0.00300. The maximum Gasteiger partial charge on any atom is 0.412 e. The maximum absolute atomic E-state index is 13.8. The van der Waals surface area contributed by atoms with Crippen LogP contribution in [0.3, 0.4) is 0 Å². The highest BCUT2D eigenvalue weighted by atomic mass is 32.2. The Labute approximate surface area is 296 Å². The number of para-hydroxylation sites is 1. The Bertz CT molecular complexity index is 2070. The molecule has 0 fully saturated rings. The monoisotopic (exact) mass is 710 g/mol. The standard InChI is InChI=1S/C38H38N4O8S/c1-38(2,3)27-16-18-31(19-17-27)51(45,46)42-32-23-26(36(43)40-28-11-6-5-7-12-28)24-33(35(32)50-30-14-10-13-29(25-30)47-4)48-21-22-49-37(44)41-34-15-8-9-20-39-34/h5-20,23-25,42H,21-22H2,1-4H3,(H,40,43)(H,39,41,44). The average Bonchev–Trinajstić information content (AvgIpc) is 3.11. The Morgan fingerprint density at radius 3 is 2.20 bits per heavy atom. The third-order valence-electron chi connectivity index (χ3n) is 7.35. The molecule has 0 spiro atoms. The zero-order valence-electron chi connectivity index (χ0n) is 28.5. The highest BCUT2D eigenvalue weighted by Crippen LogP contribution is 2.42. The second kappa shape index (κ2) is 16.1. The first kappa shape index (κ1) is 36.2. The average molecular weight is 711 g/mol. The molecular weight excluding hydrogens is 673 g/mol. The lowest BCUT2D eigenvalue weighted by molar-refractivity contribution is 0.102. The van der Waals surface area contributed by atoms with E-state index in [0.29, 0.717) is 23.0 Å². The summed E-state index contributed by atoms with van der Waals surface area (Å²) in [4.78, 5) is 29.9. The van der Waals surface area contributed by atoms with Crippen molar-refractivity contribution in [2.24, 2.45) is 0 Å². The van der Waals surface area contributed by atoms with E-state index in [0.717, 1.165) is 5.56 Å². The molecule has 12 nitrogen and oxygen atoms in total. The fraction of sp³-hybridized carbons (Fsp3) is 0.184. The zero-order valence-corrected chi connectivity index (χ0v) is 29.3. The number of carbonyl (C=O) groups is 2. The summed E-state index contributed by atoms with van der Waals surface area (Å²) >= 11 is 0. The first-order valence-corrected chi connectivity index (χ1v) is 17.4. The summed E-state index contributed by atoms with van der Waals surface area (Å²) in [6.07, 6.45) is 0.767. The molecule has 1 heterocycles. The van der Waals surface area contributed by atoms with Crippen molar-refractivity contribution < 1.29 is 37.0 Å². The number of nitrogens with zero attached hydrogens (tertiary/aromatic N) is 1. The number of hydrogen-bond donors (Lipinski definition) is 3. The van der Waals surface area contributed by atoms with E-state index < -0.39 is 22.0 Å². The van der Waals surface area contributed by atoms with Crippen LogP contribution in [0, 0.1) is 0 Å². The number of amides is 2. The summed E-state index contributed by atoms with van der Waals surface area (Å²) in [7, 11) is -2.71. The number of carbonyl (C=O) groups excluding carboxylic acids is 2. The van der Waals surface area contributed by atoms with Crippen LogP contribution >= 0.6 is 0 Å². The van der Waals surface area contributed by atoms with Crippen molar-refractivity contribution in [1.82, 2.24) is 4.98 Å². The van der Waals surface area contributed by atoms with Crippen molar-refractivity contribution in [3.05, 3.63) is 127 Å². The van der Waals surface area contributed by atoms with Crippen molar-refractivity contribution in [2.45, 2.75) is 31.1 Å². The van der Waals surface area contributed by atoms with Gasteiger partial charge in [0.1, 0.15) is 30.5 Å². The molecule has 5 aromatic rings. The first-order chi connectivity index (χ1) is 24.4. The number of rotatable bonds is 13. The van der Waals surface area contributed by atoms with Crippen LogP contribution in [0.25, 0.3) is 0 Å². The highest BCUT2D eigenvalue weighted by Gasteiger charge is 2.24. The van der Waals surface area contributed by atoms with Gasteiger partial charge in [0.25, 0.3) is 15.9 Å². The van der Waals surface area contributed by atoms with Gasteiger partial charge in [-0.15, -0.1) is 0 Å². The van der Waals surface area contributed by atoms with Crippen molar-refractivity contribution in [2.75, 3.05) is 35.7 Å². The van der Waals surface area contributed by atoms with E-state index in [2.05, 4.69) is 20.3 Å². The van der Waals surface area contributed by atoms with E-state index in [4.69, 9.17) is 18.9 Å². The van der Waals surface area contributed by atoms with Gasteiger partial charge < -0.3 is 24.3 Å². The molecule has 1 aromatic heterocycles. The molecule has 0 atom stereocenters. The number of ether oxygens (including phenoxy) is 4. The molecular formula is C38H38N4O8S. The quantitative estimate of drug-likeness (QED) is 0.104. The van der Waals surface area contributed by atoms with Crippen LogP contribution in [0.2, 0.25) is 0 Å². The summed E-state index contributed by atoms with van der Waals surface area (Å²) < 4.78 is 53.1. The van der Waals surface area contributed by atoms with Gasteiger partial charge in [-0.1, -0.05) is 63.2 Å². The minimum atomic E-state index is -4.21. The third kappa shape index (κ3) is 9.98. The fourth-order valence-electron chi connectivity index (χ4n) is 4.73. The lowest BCUT2D eigenvalue weighted by Gasteiger charge is -2.20. The van der Waals surface area contributed by atoms with Crippen LogP contribution in [0.5, 0.6) is 23.0 Å². The second-order valence-electron chi connectivity index (χ2n) is 12.2. The van der Waals surface area contributed by atoms with Crippen molar-refractivity contribution >= 4 is 39.2 Å². The predicted molar refractivity (Wildman–Crippen MR) is 195 cm³/mol. The molecule has 13 heteroatoms. The van der Waals surface area contributed by atoms with E-state index in [-0.39, 0.29) is 46.3 Å². The van der Waals surface area contributed by atoms with Crippen LogP contribution in [-0.4, -0.2) is 45.7 Å². The molecule has 0 radical (unpaired) electrons. The maximum atomic E-state index is 13.8. The lowest BCUT2D eigenvalue weighted by Crippen LogP contribution is -2.19. The largest absolute Gasteiger partial charge is 0.497 e. The summed E-state index contributed by atoms with van der Waals surface area (Å²) in [6.45, 7) is 5.69. The highest BCUT2D eigenvalue weighted by molar-refractivity contribution is 7.92. The molecule has 51 heavy (non-hydrogen) atoms. The topological polar surface area (TPSA) is 154 Å². The zero-order chi connectivity index (χ0) is 36.4. The summed E-state index contributed by atoms with van der Waals surface area (Å²) in [5.41, 5.74) is 1.26. The molecule has 0 bridgehead atoms. The molecule has 0 saturated heterocycles. The normalized spacial score (nSPS) is 11.2. The van der Waals surface area contributed by atoms with E-state index in [1.807, 2.05) is 26.8 Å². The van der Waals surface area contributed by atoms with Gasteiger partial charge in [-0.25, -0.2) is 18.2 Å². The van der Waals surface area contributed by atoms with E-state index >= 15 is 0 Å². The Morgan fingerprint density at radius 2 is 1.51 bits per heavy atom. The number of benzene rings is 4. The van der Waals surface area contributed by atoms with Crippen molar-refractivity contribution in [3.8, 4) is 23.0 Å². The SMILES string of the molecule is COc1cccc(Oc2c(NS(=O)(=O)c3ccc(C(C)(C)C)cc3)cc(C(=O)Nc3ccccc3)cc2OCCOC(=O)Nc2ccccn2)c1. The summed E-state index contributed by atoms with van der Waals surface area (Å²) in [6, 6.07) is 29.8. The number of methoxy groups -OCH3 is 1. The summed E-state index contributed by atoms with van der Waals surface area (Å²) in [5, 5.41) is 5.32. The smallest absolute Gasteiger partial charge is 0.412 e. The van der Waals surface area contributed by atoms with E-state index in [1.165, 1.54) is 37.6 Å². The van der Waals surface area contributed by atoms with Crippen LogP contribution in [0.4, 0.5) is 22.0 Å². The Hall–Kier alpha value is -6.08. The van der Waals surface area contributed by atoms with E-state index in [1.54, 1.807) is 78.9 Å². The van der Waals surface area contributed by atoms with Gasteiger partial charge in [-0.2, -0.15) is 0 Å². The third-order valence-corrected chi connectivity index (χ3v) is 8.74. The second-order valence-corrected chi connectivity index (χ2v) is 13.8. The van der Waals surface area contributed by atoms with Crippen LogP contribution in [0.15, 0.2) is 120 Å². The van der Waals surface area contributed by atoms with Crippen LogP contribution < -0.4 is 29.6 Å². The van der Waals surface area contributed by atoms with Gasteiger partial charge in [-0.3, -0.25) is 14.8 Å². The molecule has 0 unspecified atom stereocenters. The van der Waals surface area contributed by atoms with Crippen molar-refractivity contribution in [1.29, 1.82) is 0 Å². The summed E-state index contributed by atoms with van der Waals surface area (Å²) in [5.74, 6) is 0.490. The van der Waals surface area contributed by atoms with Crippen LogP contribution in [0.1, 0.15) is 36.7 Å². The number of anilines is 3. The van der Waals surface area contributed by atoms with Gasteiger partial charge in [0, 0.05) is 23.5 Å². The number of hydrogen-bond acceptors (Lipinski definition) is 9. The Balaban J connectivity index is 1.50. The van der Waals surface area contributed by atoms with E-state index in [9.17, 15) is 18.0 Å². The minimum Gasteiger partial charge on any atom is -0.497 e. The lowest BCUT2D eigenvalue weighted by atomic mass is 9.87. The molecule has 0 aliphatic heterocycles. The molecule has 0 saturated carbocycles. The van der Waals surface area contributed by atoms with Crippen LogP contribution in [-0.2, 0) is 20.2 Å². The molecule has 5 rings (SSSR count).